The Labute approximate surface area is 139 Å². The average Bonchev–Trinajstić information content (AvgIpc) is 3.08. The summed E-state index contributed by atoms with van der Waals surface area (Å²) in [5, 5.41) is 22.1. The standard InChI is InChI=1S/C15H20N4O5/c20-18(21)13-1-2-14(15(9-13)19(22)23)17-6-4-16(5-7-17)10-12-3-8-24-11-12/h1-2,9,12H,3-8,10-11H2. The van der Waals surface area contributed by atoms with E-state index < -0.39 is 9.85 Å². The van der Waals surface area contributed by atoms with E-state index in [9.17, 15) is 20.2 Å². The van der Waals surface area contributed by atoms with Crippen molar-refractivity contribution in [1.82, 2.24) is 4.90 Å². The molecule has 1 unspecified atom stereocenters. The van der Waals surface area contributed by atoms with Crippen LogP contribution in [0, 0.1) is 26.1 Å². The highest BCUT2D eigenvalue weighted by Crippen LogP contribution is 2.32. The molecule has 0 spiro atoms. The van der Waals surface area contributed by atoms with Crippen molar-refractivity contribution in [2.45, 2.75) is 6.42 Å². The van der Waals surface area contributed by atoms with E-state index in [0.717, 1.165) is 45.3 Å². The van der Waals surface area contributed by atoms with Crippen LogP contribution >= 0.6 is 0 Å². The van der Waals surface area contributed by atoms with E-state index in [4.69, 9.17) is 4.74 Å². The first-order chi connectivity index (χ1) is 11.5. The Morgan fingerprint density at radius 2 is 1.88 bits per heavy atom. The molecule has 1 atom stereocenters. The first-order valence-electron chi connectivity index (χ1n) is 8.02. The van der Waals surface area contributed by atoms with Gasteiger partial charge in [0.2, 0.25) is 0 Å². The molecule has 0 saturated carbocycles. The van der Waals surface area contributed by atoms with E-state index in [-0.39, 0.29) is 11.4 Å². The summed E-state index contributed by atoms with van der Waals surface area (Å²) in [5.41, 5.74) is -0.0124. The van der Waals surface area contributed by atoms with Crippen LogP contribution in [0.4, 0.5) is 17.1 Å². The highest BCUT2D eigenvalue weighted by Gasteiger charge is 2.27. The summed E-state index contributed by atoms with van der Waals surface area (Å²) in [6.07, 6.45) is 1.09. The van der Waals surface area contributed by atoms with E-state index in [1.54, 1.807) is 0 Å². The summed E-state index contributed by atoms with van der Waals surface area (Å²) in [7, 11) is 0. The van der Waals surface area contributed by atoms with Crippen molar-refractivity contribution in [2.24, 2.45) is 5.92 Å². The largest absolute Gasteiger partial charge is 0.381 e. The van der Waals surface area contributed by atoms with Gasteiger partial charge in [0.05, 0.1) is 22.5 Å². The summed E-state index contributed by atoms with van der Waals surface area (Å²) in [5.74, 6) is 0.574. The van der Waals surface area contributed by atoms with Gasteiger partial charge in [-0.05, 0) is 18.4 Å². The van der Waals surface area contributed by atoms with E-state index in [0.29, 0.717) is 24.7 Å². The molecule has 0 bridgehead atoms. The minimum atomic E-state index is -0.613. The Balaban J connectivity index is 1.67. The fourth-order valence-electron chi connectivity index (χ4n) is 3.30. The van der Waals surface area contributed by atoms with E-state index in [1.165, 1.54) is 12.1 Å². The maximum absolute atomic E-state index is 11.3. The van der Waals surface area contributed by atoms with Crippen LogP contribution in [-0.4, -0.2) is 60.7 Å². The lowest BCUT2D eigenvalue weighted by Crippen LogP contribution is -2.48. The molecule has 0 radical (unpaired) electrons. The van der Waals surface area contributed by atoms with Gasteiger partial charge in [-0.2, -0.15) is 0 Å². The fourth-order valence-corrected chi connectivity index (χ4v) is 3.30. The van der Waals surface area contributed by atoms with Gasteiger partial charge < -0.3 is 9.64 Å². The third kappa shape index (κ3) is 3.62. The number of nitro groups is 2. The third-order valence-electron chi connectivity index (χ3n) is 4.62. The zero-order valence-corrected chi connectivity index (χ0v) is 13.3. The van der Waals surface area contributed by atoms with Gasteiger partial charge in [-0.1, -0.05) is 0 Å². The summed E-state index contributed by atoms with van der Waals surface area (Å²) in [4.78, 5) is 25.2. The Hall–Kier alpha value is -2.26. The lowest BCUT2D eigenvalue weighted by atomic mass is 10.1. The molecule has 9 heteroatoms. The topological polar surface area (TPSA) is 102 Å². The molecule has 1 aromatic carbocycles. The van der Waals surface area contributed by atoms with Crippen LogP contribution in [0.25, 0.3) is 0 Å². The number of piperazine rings is 1. The molecule has 0 amide bonds. The van der Waals surface area contributed by atoms with Gasteiger partial charge in [0.1, 0.15) is 5.69 Å². The predicted octanol–water partition coefficient (Wildman–Crippen LogP) is 1.66. The maximum Gasteiger partial charge on any atom is 0.299 e. The second-order valence-corrected chi connectivity index (χ2v) is 6.20. The minimum Gasteiger partial charge on any atom is -0.381 e. The number of hydrogen-bond acceptors (Lipinski definition) is 7. The van der Waals surface area contributed by atoms with Crippen molar-refractivity contribution in [1.29, 1.82) is 0 Å². The number of rotatable bonds is 5. The Morgan fingerprint density at radius 1 is 1.12 bits per heavy atom. The van der Waals surface area contributed by atoms with Crippen molar-refractivity contribution in [3.05, 3.63) is 38.4 Å². The SMILES string of the molecule is O=[N+]([O-])c1ccc(N2CCN(CC3CCOC3)CC2)c([N+](=O)[O-])c1. The predicted molar refractivity (Wildman–Crippen MR) is 87.3 cm³/mol. The van der Waals surface area contributed by atoms with Gasteiger partial charge >= 0.3 is 0 Å². The summed E-state index contributed by atoms with van der Waals surface area (Å²) < 4.78 is 5.39. The van der Waals surface area contributed by atoms with Crippen LogP contribution in [-0.2, 0) is 4.74 Å². The molecule has 0 aliphatic carbocycles. The van der Waals surface area contributed by atoms with E-state index in [1.807, 2.05) is 4.90 Å². The zero-order valence-electron chi connectivity index (χ0n) is 13.3. The van der Waals surface area contributed by atoms with Crippen molar-refractivity contribution in [3.8, 4) is 0 Å². The van der Waals surface area contributed by atoms with Crippen molar-refractivity contribution >= 4 is 17.1 Å². The molecule has 2 heterocycles. The summed E-state index contributed by atoms with van der Waals surface area (Å²) in [6, 6.07) is 3.85. The molecule has 0 N–H and O–H groups in total. The zero-order chi connectivity index (χ0) is 17.1. The fraction of sp³-hybridized carbons (Fsp3) is 0.600. The number of nitro benzene ring substituents is 2. The van der Waals surface area contributed by atoms with Crippen LogP contribution in [0.1, 0.15) is 6.42 Å². The maximum atomic E-state index is 11.3. The van der Waals surface area contributed by atoms with Crippen molar-refractivity contribution in [2.75, 3.05) is 50.8 Å². The number of benzene rings is 1. The second kappa shape index (κ2) is 7.10. The summed E-state index contributed by atoms with van der Waals surface area (Å²) in [6.45, 7) is 5.64. The van der Waals surface area contributed by atoms with Gasteiger partial charge in [-0.15, -0.1) is 0 Å². The molecule has 2 aliphatic rings. The molecular formula is C15H20N4O5. The summed E-state index contributed by atoms with van der Waals surface area (Å²) >= 11 is 0. The lowest BCUT2D eigenvalue weighted by molar-refractivity contribution is -0.393. The molecule has 1 aromatic rings. The molecule has 2 aliphatic heterocycles. The Morgan fingerprint density at radius 3 is 2.46 bits per heavy atom. The Kier molecular flexibility index (Phi) is 4.91. The number of nitrogens with zero attached hydrogens (tertiary/aromatic N) is 4. The Bertz CT molecular complexity index is 624. The number of hydrogen-bond donors (Lipinski definition) is 0. The molecule has 3 rings (SSSR count). The van der Waals surface area contributed by atoms with Crippen LogP contribution in [0.2, 0.25) is 0 Å². The van der Waals surface area contributed by atoms with Gasteiger partial charge in [-0.25, -0.2) is 0 Å². The van der Waals surface area contributed by atoms with Gasteiger partial charge in [0.15, 0.2) is 0 Å². The van der Waals surface area contributed by atoms with Crippen LogP contribution in [0.15, 0.2) is 18.2 Å². The highest BCUT2D eigenvalue weighted by atomic mass is 16.6. The first kappa shape index (κ1) is 16.6. The number of anilines is 1. The quantitative estimate of drug-likeness (QED) is 0.595. The van der Waals surface area contributed by atoms with Crippen LogP contribution < -0.4 is 4.90 Å². The van der Waals surface area contributed by atoms with Crippen molar-refractivity contribution in [3.63, 3.8) is 0 Å². The molecule has 24 heavy (non-hydrogen) atoms. The van der Waals surface area contributed by atoms with Crippen molar-refractivity contribution < 1.29 is 14.6 Å². The monoisotopic (exact) mass is 336 g/mol. The molecule has 2 saturated heterocycles. The first-order valence-corrected chi connectivity index (χ1v) is 8.02. The van der Waals surface area contributed by atoms with E-state index in [2.05, 4.69) is 4.90 Å². The molecule has 9 nitrogen and oxygen atoms in total. The lowest BCUT2D eigenvalue weighted by Gasteiger charge is -2.36. The number of ether oxygens (including phenoxy) is 1. The molecular weight excluding hydrogens is 316 g/mol. The molecule has 130 valence electrons. The van der Waals surface area contributed by atoms with Crippen LogP contribution in [0.5, 0.6) is 0 Å². The average molecular weight is 336 g/mol. The normalized spacial score (nSPS) is 21.8. The third-order valence-corrected chi connectivity index (χ3v) is 4.62. The van der Waals surface area contributed by atoms with Gasteiger partial charge in [0.25, 0.3) is 11.4 Å². The second-order valence-electron chi connectivity index (χ2n) is 6.20. The molecule has 0 aromatic heterocycles. The van der Waals surface area contributed by atoms with E-state index >= 15 is 0 Å². The smallest absolute Gasteiger partial charge is 0.299 e. The van der Waals surface area contributed by atoms with Gasteiger partial charge in [0, 0.05) is 45.4 Å². The van der Waals surface area contributed by atoms with Gasteiger partial charge in [-0.3, -0.25) is 25.1 Å². The highest BCUT2D eigenvalue weighted by molar-refractivity contribution is 5.67. The molecule has 2 fully saturated rings. The van der Waals surface area contributed by atoms with Crippen LogP contribution in [0.3, 0.4) is 0 Å². The minimum absolute atomic E-state index is 0.207. The number of non-ortho nitro benzene ring substituents is 1.